The number of nitrogens with one attached hydrogen (secondary N) is 3. The number of benzene rings is 2. The summed E-state index contributed by atoms with van der Waals surface area (Å²) in [5, 5.41) is 16.6. The second-order valence-electron chi connectivity index (χ2n) is 10.9. The van der Waals surface area contributed by atoms with Gasteiger partial charge in [0.05, 0.1) is 23.5 Å². The summed E-state index contributed by atoms with van der Waals surface area (Å²) < 4.78 is 83.3. The first-order valence-corrected chi connectivity index (χ1v) is 15.4. The summed E-state index contributed by atoms with van der Waals surface area (Å²) in [5.41, 5.74) is -5.60. The molecule has 12 nitrogen and oxygen atoms in total. The van der Waals surface area contributed by atoms with Crippen molar-refractivity contribution in [1.29, 1.82) is 0 Å². The summed E-state index contributed by atoms with van der Waals surface area (Å²) in [6, 6.07) is 5.41. The van der Waals surface area contributed by atoms with Gasteiger partial charge in [0.1, 0.15) is 18.1 Å². The van der Waals surface area contributed by atoms with Gasteiger partial charge in [-0.05, 0) is 55.4 Å². The molecular formula is C29H27F4N5O7S. The van der Waals surface area contributed by atoms with Crippen molar-refractivity contribution in [1.82, 2.24) is 15.3 Å². The Morgan fingerprint density at radius 3 is 2.41 bits per heavy atom. The highest BCUT2D eigenvalue weighted by Crippen LogP contribution is 2.49. The molecule has 1 heterocycles. The molecule has 4 atom stereocenters. The number of methoxy groups -OCH3 is 1. The summed E-state index contributed by atoms with van der Waals surface area (Å²) >= 11 is 0. The van der Waals surface area contributed by atoms with Gasteiger partial charge >= 0.3 is 11.5 Å². The zero-order chi connectivity index (χ0) is 33.4. The van der Waals surface area contributed by atoms with Crippen molar-refractivity contribution in [3.63, 3.8) is 0 Å². The molecule has 5 rings (SSSR count). The van der Waals surface area contributed by atoms with E-state index in [9.17, 15) is 36.0 Å². The number of carboxylic acids is 1. The first-order chi connectivity index (χ1) is 21.7. The first kappa shape index (κ1) is 32.6. The van der Waals surface area contributed by atoms with Crippen LogP contribution in [0.1, 0.15) is 29.6 Å². The number of ether oxygens (including phenoxy) is 1. The van der Waals surface area contributed by atoms with Gasteiger partial charge in [0.2, 0.25) is 11.9 Å². The number of hydrogen-bond donors (Lipinski definition) is 4. The number of anilines is 2. The number of carbonyl (C=O) groups is 3. The molecule has 2 aliphatic carbocycles. The lowest BCUT2D eigenvalue weighted by Crippen LogP contribution is -2.48. The topological polar surface area (TPSA) is 177 Å². The number of amides is 2. The van der Waals surface area contributed by atoms with Gasteiger partial charge in [0.25, 0.3) is 15.7 Å². The van der Waals surface area contributed by atoms with Gasteiger partial charge in [-0.25, -0.2) is 22.8 Å². The zero-order valence-corrected chi connectivity index (χ0v) is 24.8. The van der Waals surface area contributed by atoms with Crippen molar-refractivity contribution in [2.45, 2.75) is 35.7 Å². The lowest BCUT2D eigenvalue weighted by molar-refractivity contribution is -0.135. The van der Waals surface area contributed by atoms with E-state index in [1.54, 1.807) is 0 Å². The second kappa shape index (κ2) is 12.5. The van der Waals surface area contributed by atoms with E-state index in [2.05, 4.69) is 25.9 Å². The SMILES string of the molecule is COc1cc(F)c(-c2cnc(NCC(=O)O)nc2)cc1C(=O)N[C@@H]1[C@H]2CC[C@H](C2)[C@@H]1C(=O)Nc1cccc(S(=O)(=O)C(F)(F)F)c1. The number of nitrogens with zero attached hydrogens (tertiary/aromatic N) is 2. The molecule has 0 aliphatic heterocycles. The standard InChI is InChI=1S/C29H27F4N5O7S/c1-45-22-10-21(30)19(16-11-34-28(35-12-16)36-13-23(39)40)9-20(22)26(41)38-25-15-6-5-14(7-15)24(25)27(42)37-17-3-2-4-18(8-17)46(43,44)29(31,32)33/h2-4,8-12,14-15,24-25H,5-7,13H2,1H3,(H,37,42)(H,38,41)(H,39,40)(H,34,35,36)/t14-,15+,24+,25-/m1/s1. The number of aliphatic carboxylic acids is 1. The van der Waals surface area contributed by atoms with Gasteiger partial charge in [0.15, 0.2) is 0 Å². The number of aromatic nitrogens is 2. The quantitative estimate of drug-likeness (QED) is 0.233. The molecule has 2 aliphatic rings. The van der Waals surface area contributed by atoms with Crippen LogP contribution >= 0.6 is 0 Å². The van der Waals surface area contributed by atoms with Crippen LogP contribution in [0.5, 0.6) is 5.75 Å². The van der Waals surface area contributed by atoms with Crippen LogP contribution < -0.4 is 20.7 Å². The van der Waals surface area contributed by atoms with Gasteiger partial charge in [0, 0.05) is 41.3 Å². The van der Waals surface area contributed by atoms with E-state index in [0.29, 0.717) is 19.3 Å². The van der Waals surface area contributed by atoms with Crippen molar-refractivity contribution in [2.75, 3.05) is 24.3 Å². The van der Waals surface area contributed by atoms with E-state index in [1.165, 1.54) is 31.6 Å². The predicted octanol–water partition coefficient (Wildman–Crippen LogP) is 3.86. The third-order valence-corrected chi connectivity index (χ3v) is 9.61. The van der Waals surface area contributed by atoms with Crippen LogP contribution in [0.3, 0.4) is 0 Å². The molecule has 2 fully saturated rings. The molecular weight excluding hydrogens is 638 g/mol. The molecule has 0 radical (unpaired) electrons. The third kappa shape index (κ3) is 6.45. The Balaban J connectivity index is 1.37. The molecule has 2 aromatic carbocycles. The van der Waals surface area contributed by atoms with Crippen molar-refractivity contribution >= 4 is 39.3 Å². The van der Waals surface area contributed by atoms with Gasteiger partial charge in [-0.15, -0.1) is 0 Å². The van der Waals surface area contributed by atoms with Crippen LogP contribution in [0.15, 0.2) is 53.7 Å². The van der Waals surface area contributed by atoms with Crippen LogP contribution in [-0.4, -0.2) is 66.5 Å². The smallest absolute Gasteiger partial charge is 0.496 e. The molecule has 2 bridgehead atoms. The van der Waals surface area contributed by atoms with Crippen molar-refractivity contribution in [2.24, 2.45) is 17.8 Å². The molecule has 4 N–H and O–H groups in total. The van der Waals surface area contributed by atoms with Gasteiger partial charge < -0.3 is 25.8 Å². The lowest BCUT2D eigenvalue weighted by Gasteiger charge is -2.31. The summed E-state index contributed by atoms with van der Waals surface area (Å²) in [6.07, 6.45) is 4.49. The fraction of sp³-hybridized carbons (Fsp3) is 0.345. The summed E-state index contributed by atoms with van der Waals surface area (Å²) in [7, 11) is -4.39. The number of carbonyl (C=O) groups excluding carboxylic acids is 2. The fourth-order valence-electron chi connectivity index (χ4n) is 6.04. The van der Waals surface area contributed by atoms with Crippen molar-refractivity contribution in [3.05, 3.63) is 60.2 Å². The van der Waals surface area contributed by atoms with Crippen LogP contribution in [0, 0.1) is 23.6 Å². The largest absolute Gasteiger partial charge is 0.501 e. The molecule has 46 heavy (non-hydrogen) atoms. The van der Waals surface area contributed by atoms with Gasteiger partial charge in [-0.1, -0.05) is 6.07 Å². The molecule has 0 saturated heterocycles. The number of carboxylic acid groups (broad SMARTS) is 1. The molecule has 2 amide bonds. The van der Waals surface area contributed by atoms with E-state index >= 15 is 4.39 Å². The maximum Gasteiger partial charge on any atom is 0.501 e. The Bertz CT molecular complexity index is 1790. The van der Waals surface area contributed by atoms with Crippen LogP contribution in [0.4, 0.5) is 29.2 Å². The number of fused-ring (bicyclic) bond motifs is 2. The minimum atomic E-state index is -5.64. The first-order valence-electron chi connectivity index (χ1n) is 13.9. The van der Waals surface area contributed by atoms with E-state index in [1.807, 2.05) is 0 Å². The van der Waals surface area contributed by atoms with Crippen LogP contribution in [0.25, 0.3) is 11.1 Å². The maximum atomic E-state index is 15.1. The Kier molecular flexibility index (Phi) is 8.88. The predicted molar refractivity (Wildman–Crippen MR) is 154 cm³/mol. The molecule has 0 spiro atoms. The summed E-state index contributed by atoms with van der Waals surface area (Å²) in [6.45, 7) is -0.436. The highest BCUT2D eigenvalue weighted by Gasteiger charge is 2.52. The number of alkyl halides is 3. The fourth-order valence-corrected chi connectivity index (χ4v) is 6.85. The van der Waals surface area contributed by atoms with E-state index in [4.69, 9.17) is 9.84 Å². The minimum Gasteiger partial charge on any atom is -0.496 e. The highest BCUT2D eigenvalue weighted by molar-refractivity contribution is 7.92. The molecule has 1 aromatic heterocycles. The van der Waals surface area contributed by atoms with Crippen molar-refractivity contribution < 1.29 is 50.2 Å². The average molecular weight is 666 g/mol. The molecule has 0 unspecified atom stereocenters. The molecule has 2 saturated carbocycles. The van der Waals surface area contributed by atoms with E-state index in [-0.39, 0.29) is 45.9 Å². The highest BCUT2D eigenvalue weighted by atomic mass is 32.2. The van der Waals surface area contributed by atoms with E-state index < -0.39 is 62.3 Å². The maximum absolute atomic E-state index is 15.1. The number of halogens is 4. The number of rotatable bonds is 10. The minimum absolute atomic E-state index is 0.00709. The molecule has 244 valence electrons. The summed E-state index contributed by atoms with van der Waals surface area (Å²) in [4.78, 5) is 44.7. The molecule has 17 heteroatoms. The zero-order valence-electron chi connectivity index (χ0n) is 24.0. The van der Waals surface area contributed by atoms with Gasteiger partial charge in [-0.2, -0.15) is 13.2 Å². The number of hydrogen-bond acceptors (Lipinski definition) is 9. The second-order valence-corrected chi connectivity index (χ2v) is 12.8. The van der Waals surface area contributed by atoms with Crippen LogP contribution in [0.2, 0.25) is 0 Å². The summed E-state index contributed by atoms with van der Waals surface area (Å²) in [5.74, 6) is -4.28. The van der Waals surface area contributed by atoms with Crippen LogP contribution in [-0.2, 0) is 19.4 Å². The van der Waals surface area contributed by atoms with Crippen molar-refractivity contribution in [3.8, 4) is 16.9 Å². The Morgan fingerprint density at radius 1 is 1.07 bits per heavy atom. The molecule has 3 aromatic rings. The normalized spacial score (nSPS) is 20.6. The van der Waals surface area contributed by atoms with E-state index in [0.717, 1.165) is 24.3 Å². The Labute approximate surface area is 259 Å². The number of sulfone groups is 1. The average Bonchev–Trinajstić information content (AvgIpc) is 3.62. The lowest BCUT2D eigenvalue weighted by atomic mass is 9.83. The monoisotopic (exact) mass is 665 g/mol. The Morgan fingerprint density at radius 2 is 1.76 bits per heavy atom. The Hall–Kier alpha value is -4.80. The van der Waals surface area contributed by atoms with Gasteiger partial charge in [-0.3, -0.25) is 14.4 Å². The third-order valence-electron chi connectivity index (χ3n) is 8.13.